The zero-order chi connectivity index (χ0) is 19.0. The second-order valence-electron chi connectivity index (χ2n) is 6.45. The van der Waals surface area contributed by atoms with E-state index in [1.54, 1.807) is 6.20 Å². The van der Waals surface area contributed by atoms with E-state index in [0.717, 1.165) is 38.3 Å². The summed E-state index contributed by atoms with van der Waals surface area (Å²) in [7, 11) is -3.50. The highest BCUT2D eigenvalue weighted by atomic mass is 32.2. The van der Waals surface area contributed by atoms with Gasteiger partial charge >= 0.3 is 0 Å². The number of rotatable bonds is 4. The molecular formula is C17H18FN5O3S. The maximum atomic E-state index is 14.3. The molecule has 1 aliphatic rings. The maximum absolute atomic E-state index is 14.3. The number of ether oxygens (including phenoxy) is 1. The molecule has 0 saturated carbocycles. The van der Waals surface area contributed by atoms with Gasteiger partial charge in [-0.15, -0.1) is 0 Å². The van der Waals surface area contributed by atoms with Crippen LogP contribution in [0.25, 0.3) is 11.0 Å². The van der Waals surface area contributed by atoms with Gasteiger partial charge in [-0.3, -0.25) is 0 Å². The fourth-order valence-electron chi connectivity index (χ4n) is 3.14. The molecular weight excluding hydrogens is 373 g/mol. The van der Waals surface area contributed by atoms with Crippen molar-refractivity contribution in [2.75, 3.05) is 19.3 Å². The number of nitrogens with one attached hydrogen (secondary N) is 1. The van der Waals surface area contributed by atoms with Crippen molar-refractivity contribution in [1.29, 1.82) is 0 Å². The Balaban J connectivity index is 1.68. The Labute approximate surface area is 155 Å². The molecule has 3 aromatic rings. The molecule has 1 fully saturated rings. The fourth-order valence-corrected chi connectivity index (χ4v) is 3.77. The van der Waals surface area contributed by atoms with E-state index in [4.69, 9.17) is 4.74 Å². The van der Waals surface area contributed by atoms with Gasteiger partial charge in [0.1, 0.15) is 11.7 Å². The van der Waals surface area contributed by atoms with Crippen LogP contribution in [0.2, 0.25) is 0 Å². The number of hydrogen-bond acceptors (Lipinski definition) is 7. The second-order valence-corrected chi connectivity index (χ2v) is 8.47. The van der Waals surface area contributed by atoms with E-state index in [1.165, 1.54) is 18.5 Å². The summed E-state index contributed by atoms with van der Waals surface area (Å²) in [5, 5.41) is 8.30. The zero-order valence-electron chi connectivity index (χ0n) is 14.6. The molecule has 0 atom stereocenters. The molecule has 8 nitrogen and oxygen atoms in total. The predicted molar refractivity (Wildman–Crippen MR) is 96.0 cm³/mol. The van der Waals surface area contributed by atoms with Crippen molar-refractivity contribution in [3.05, 3.63) is 36.5 Å². The Hall–Kier alpha value is -2.59. The number of halogens is 1. The van der Waals surface area contributed by atoms with Gasteiger partial charge in [0.05, 0.1) is 17.1 Å². The van der Waals surface area contributed by atoms with E-state index in [-0.39, 0.29) is 22.6 Å². The molecule has 10 heteroatoms. The van der Waals surface area contributed by atoms with Crippen LogP contribution in [0.5, 0.6) is 11.6 Å². The summed E-state index contributed by atoms with van der Waals surface area (Å²) in [5.74, 6) is -0.723. The monoisotopic (exact) mass is 391 g/mol. The summed E-state index contributed by atoms with van der Waals surface area (Å²) in [6.07, 6.45) is 5.86. The van der Waals surface area contributed by atoms with Gasteiger partial charge in [0.2, 0.25) is 5.88 Å². The predicted octanol–water partition coefficient (Wildman–Crippen LogP) is 2.09. The third-order valence-electron chi connectivity index (χ3n) is 4.55. The molecule has 0 bridgehead atoms. The van der Waals surface area contributed by atoms with Crippen molar-refractivity contribution in [1.82, 2.24) is 25.1 Å². The van der Waals surface area contributed by atoms with Crippen molar-refractivity contribution in [3.8, 4) is 11.6 Å². The van der Waals surface area contributed by atoms with E-state index >= 15 is 0 Å². The highest BCUT2D eigenvalue weighted by Gasteiger charge is 2.21. The Bertz CT molecular complexity index is 1090. The summed E-state index contributed by atoms with van der Waals surface area (Å²) in [4.78, 5) is 8.28. The molecule has 0 spiro atoms. The average molecular weight is 391 g/mol. The summed E-state index contributed by atoms with van der Waals surface area (Å²) in [6, 6.07) is 3.74. The van der Waals surface area contributed by atoms with E-state index in [2.05, 4.69) is 20.4 Å². The lowest BCUT2D eigenvalue weighted by Gasteiger charge is -2.23. The fraction of sp³-hybridized carbons (Fsp3) is 0.353. The summed E-state index contributed by atoms with van der Waals surface area (Å²) in [5.41, 5.74) is 0.625. The van der Waals surface area contributed by atoms with Gasteiger partial charge < -0.3 is 10.1 Å². The normalized spacial score (nSPS) is 15.9. The molecule has 2 aromatic heterocycles. The molecule has 0 unspecified atom stereocenters. The highest BCUT2D eigenvalue weighted by molar-refractivity contribution is 7.90. The summed E-state index contributed by atoms with van der Waals surface area (Å²) < 4.78 is 44.8. The van der Waals surface area contributed by atoms with Gasteiger partial charge in [0.15, 0.2) is 27.1 Å². The molecule has 1 N–H and O–H groups in total. The first kappa shape index (κ1) is 17.8. The third-order valence-corrected chi connectivity index (χ3v) is 5.66. The number of nitrogens with zero attached hydrogens (tertiary/aromatic N) is 4. The van der Waals surface area contributed by atoms with Crippen molar-refractivity contribution in [3.63, 3.8) is 0 Å². The minimum absolute atomic E-state index is 0.112. The number of hydrogen-bond donors (Lipinski definition) is 1. The Morgan fingerprint density at radius 2 is 2.04 bits per heavy atom. The van der Waals surface area contributed by atoms with Crippen LogP contribution in [0.3, 0.4) is 0 Å². The molecule has 142 valence electrons. The average Bonchev–Trinajstić information content (AvgIpc) is 3.08. The second kappa shape index (κ2) is 6.86. The SMILES string of the molecule is CS(=O)(=O)c1ccc(Oc2ncnc3c2cnn3C2CCNCC2)c(F)c1. The Morgan fingerprint density at radius 1 is 1.26 bits per heavy atom. The number of benzene rings is 1. The van der Waals surface area contributed by atoms with Crippen molar-refractivity contribution >= 4 is 20.9 Å². The number of sulfone groups is 1. The number of aromatic nitrogens is 4. The standard InChI is InChI=1S/C17H18FN5O3S/c1-27(24,25)12-2-3-15(14(18)8-12)26-17-13-9-22-23(16(13)20-10-21-17)11-4-6-19-7-5-11/h2-3,8-11,19H,4-7H2,1H3. The van der Waals surface area contributed by atoms with Crippen LogP contribution in [0.15, 0.2) is 35.6 Å². The van der Waals surface area contributed by atoms with Gasteiger partial charge in [-0.05, 0) is 44.1 Å². The van der Waals surface area contributed by atoms with Crippen molar-refractivity contribution in [2.24, 2.45) is 0 Å². The molecule has 1 aromatic carbocycles. The van der Waals surface area contributed by atoms with Crippen LogP contribution in [0, 0.1) is 5.82 Å². The molecule has 1 saturated heterocycles. The van der Waals surface area contributed by atoms with Crippen LogP contribution in [-0.4, -0.2) is 47.5 Å². The van der Waals surface area contributed by atoms with Crippen molar-refractivity contribution in [2.45, 2.75) is 23.8 Å². The van der Waals surface area contributed by atoms with Gasteiger partial charge in [0.25, 0.3) is 0 Å². The van der Waals surface area contributed by atoms with Gasteiger partial charge in [-0.25, -0.2) is 27.5 Å². The molecule has 0 radical (unpaired) electrons. The van der Waals surface area contributed by atoms with Crippen LogP contribution in [0.1, 0.15) is 18.9 Å². The van der Waals surface area contributed by atoms with E-state index in [1.807, 2.05) is 4.68 Å². The zero-order valence-corrected chi connectivity index (χ0v) is 15.4. The first-order valence-electron chi connectivity index (χ1n) is 8.50. The van der Waals surface area contributed by atoms with E-state index < -0.39 is 15.7 Å². The minimum Gasteiger partial charge on any atom is -0.435 e. The summed E-state index contributed by atoms with van der Waals surface area (Å²) in [6.45, 7) is 1.83. The molecule has 0 aliphatic carbocycles. The molecule has 1 aliphatic heterocycles. The Morgan fingerprint density at radius 3 is 2.74 bits per heavy atom. The topological polar surface area (TPSA) is 99.0 Å². The highest BCUT2D eigenvalue weighted by Crippen LogP contribution is 2.31. The lowest BCUT2D eigenvalue weighted by molar-refractivity contribution is 0.349. The smallest absolute Gasteiger partial charge is 0.233 e. The van der Waals surface area contributed by atoms with Crippen LogP contribution in [-0.2, 0) is 9.84 Å². The van der Waals surface area contributed by atoms with Crippen LogP contribution in [0.4, 0.5) is 4.39 Å². The molecule has 3 heterocycles. The van der Waals surface area contributed by atoms with Crippen LogP contribution < -0.4 is 10.1 Å². The largest absolute Gasteiger partial charge is 0.435 e. The quantitative estimate of drug-likeness (QED) is 0.727. The van der Waals surface area contributed by atoms with Crippen molar-refractivity contribution < 1.29 is 17.5 Å². The third kappa shape index (κ3) is 3.50. The summed E-state index contributed by atoms with van der Waals surface area (Å²) >= 11 is 0. The lowest BCUT2D eigenvalue weighted by atomic mass is 10.1. The molecule has 4 rings (SSSR count). The first-order chi connectivity index (χ1) is 12.9. The van der Waals surface area contributed by atoms with E-state index in [0.29, 0.717) is 11.0 Å². The van der Waals surface area contributed by atoms with Gasteiger partial charge in [0, 0.05) is 6.26 Å². The number of piperidine rings is 1. The lowest BCUT2D eigenvalue weighted by Crippen LogP contribution is -2.29. The van der Waals surface area contributed by atoms with Gasteiger partial charge in [-0.1, -0.05) is 0 Å². The van der Waals surface area contributed by atoms with Gasteiger partial charge in [-0.2, -0.15) is 5.10 Å². The molecule has 0 amide bonds. The maximum Gasteiger partial charge on any atom is 0.233 e. The minimum atomic E-state index is -3.50. The van der Waals surface area contributed by atoms with Crippen LogP contribution >= 0.6 is 0 Å². The Kier molecular flexibility index (Phi) is 4.52. The number of fused-ring (bicyclic) bond motifs is 1. The first-order valence-corrected chi connectivity index (χ1v) is 10.4. The van der Waals surface area contributed by atoms with E-state index in [9.17, 15) is 12.8 Å². The molecule has 27 heavy (non-hydrogen) atoms.